The van der Waals surface area contributed by atoms with Crippen molar-refractivity contribution in [1.29, 1.82) is 0 Å². The molecule has 0 atom stereocenters. The summed E-state index contributed by atoms with van der Waals surface area (Å²) >= 11 is 0. The van der Waals surface area contributed by atoms with Crippen LogP contribution < -0.4 is 4.74 Å². The molecule has 1 aromatic carbocycles. The summed E-state index contributed by atoms with van der Waals surface area (Å²) in [5.41, 5.74) is 3.24. The van der Waals surface area contributed by atoms with E-state index in [1.165, 1.54) is 0 Å². The lowest BCUT2D eigenvalue weighted by atomic mass is 10.1. The van der Waals surface area contributed by atoms with Gasteiger partial charge < -0.3 is 9.84 Å². The Balaban J connectivity index is 2.58. The molecule has 0 saturated carbocycles. The van der Waals surface area contributed by atoms with Gasteiger partial charge in [-0.2, -0.15) is 0 Å². The highest BCUT2D eigenvalue weighted by atomic mass is 16.5. The molecule has 0 fully saturated rings. The van der Waals surface area contributed by atoms with Gasteiger partial charge in [-0.3, -0.25) is 0 Å². The number of hydrogen-bond donors (Lipinski definition) is 1. The third-order valence-electron chi connectivity index (χ3n) is 2.93. The van der Waals surface area contributed by atoms with Crippen LogP contribution in [-0.4, -0.2) is 22.2 Å². The van der Waals surface area contributed by atoms with Gasteiger partial charge in [-0.25, -0.2) is 9.97 Å². The normalized spacial score (nSPS) is 10.4. The van der Waals surface area contributed by atoms with Crippen molar-refractivity contribution in [1.82, 2.24) is 9.97 Å². The van der Waals surface area contributed by atoms with E-state index < -0.39 is 0 Å². The highest BCUT2D eigenvalue weighted by Gasteiger charge is 2.12. The number of aryl methyl sites for hydroxylation is 2. The van der Waals surface area contributed by atoms with E-state index in [0.29, 0.717) is 5.82 Å². The van der Waals surface area contributed by atoms with Crippen LogP contribution in [0.15, 0.2) is 24.3 Å². The summed E-state index contributed by atoms with van der Waals surface area (Å²) in [5, 5.41) is 9.26. The number of ether oxygens (including phenoxy) is 1. The van der Waals surface area contributed by atoms with Gasteiger partial charge in [0.1, 0.15) is 5.75 Å². The Hall–Kier alpha value is -1.94. The molecule has 0 aliphatic heterocycles. The monoisotopic (exact) mass is 244 g/mol. The van der Waals surface area contributed by atoms with Crippen molar-refractivity contribution in [3.63, 3.8) is 0 Å². The fraction of sp³-hybridized carbons (Fsp3) is 0.286. The molecule has 0 aliphatic rings. The number of hydrogen-bond acceptors (Lipinski definition) is 4. The fourth-order valence-electron chi connectivity index (χ4n) is 1.92. The molecule has 1 N–H and O–H groups in total. The van der Waals surface area contributed by atoms with Crippen molar-refractivity contribution in [3.8, 4) is 17.1 Å². The number of rotatable bonds is 3. The predicted molar refractivity (Wildman–Crippen MR) is 69.4 cm³/mol. The van der Waals surface area contributed by atoms with Gasteiger partial charge in [-0.15, -0.1) is 0 Å². The second-order valence-corrected chi connectivity index (χ2v) is 4.05. The molecule has 0 aliphatic carbocycles. The maximum Gasteiger partial charge on any atom is 0.163 e. The second-order valence-electron chi connectivity index (χ2n) is 4.05. The first-order valence-corrected chi connectivity index (χ1v) is 5.75. The van der Waals surface area contributed by atoms with Crippen LogP contribution in [-0.2, 0) is 6.61 Å². The smallest absolute Gasteiger partial charge is 0.163 e. The van der Waals surface area contributed by atoms with Crippen molar-refractivity contribution in [3.05, 3.63) is 41.2 Å². The van der Waals surface area contributed by atoms with E-state index in [1.807, 2.05) is 38.1 Å². The Labute approximate surface area is 106 Å². The van der Waals surface area contributed by atoms with Crippen molar-refractivity contribution in [2.75, 3.05) is 7.11 Å². The minimum Gasteiger partial charge on any atom is -0.496 e. The van der Waals surface area contributed by atoms with Gasteiger partial charge in [0, 0.05) is 17.0 Å². The number of benzene rings is 1. The Bertz CT molecular complexity index is 544. The molecule has 94 valence electrons. The van der Waals surface area contributed by atoms with Crippen LogP contribution in [0.5, 0.6) is 5.75 Å². The molecule has 0 saturated heterocycles. The molecule has 0 amide bonds. The number of aliphatic hydroxyl groups is 1. The summed E-state index contributed by atoms with van der Waals surface area (Å²) < 4.78 is 5.31. The SMILES string of the molecule is COc1ccccc1-c1nc(C)c(CO)c(C)n1. The van der Waals surface area contributed by atoms with Crippen LogP contribution in [0.3, 0.4) is 0 Å². The summed E-state index contributed by atoms with van der Waals surface area (Å²) in [6.45, 7) is 3.71. The van der Waals surface area contributed by atoms with Crippen LogP contribution in [0.4, 0.5) is 0 Å². The molecule has 0 radical (unpaired) electrons. The molecule has 1 aromatic heterocycles. The molecule has 2 aromatic rings. The average Bonchev–Trinajstić information content (AvgIpc) is 2.38. The van der Waals surface area contributed by atoms with Gasteiger partial charge >= 0.3 is 0 Å². The molecule has 0 unspecified atom stereocenters. The topological polar surface area (TPSA) is 55.2 Å². The number of methoxy groups -OCH3 is 1. The fourth-order valence-corrected chi connectivity index (χ4v) is 1.92. The second kappa shape index (κ2) is 5.14. The Morgan fingerprint density at radius 3 is 2.28 bits per heavy atom. The van der Waals surface area contributed by atoms with Gasteiger partial charge in [-0.1, -0.05) is 12.1 Å². The summed E-state index contributed by atoms with van der Waals surface area (Å²) in [6.07, 6.45) is 0. The summed E-state index contributed by atoms with van der Waals surface area (Å²) in [5.74, 6) is 1.37. The molecule has 0 spiro atoms. The minimum atomic E-state index is -0.0378. The molecule has 2 rings (SSSR count). The standard InChI is InChI=1S/C14H16N2O2/c1-9-12(8-17)10(2)16-14(15-9)11-6-4-5-7-13(11)18-3/h4-7,17H,8H2,1-3H3. The lowest BCUT2D eigenvalue weighted by molar-refractivity contribution is 0.279. The third-order valence-corrected chi connectivity index (χ3v) is 2.93. The number of aromatic nitrogens is 2. The van der Waals surface area contributed by atoms with E-state index in [9.17, 15) is 5.11 Å². The molecule has 1 heterocycles. The van der Waals surface area contributed by atoms with Gasteiger partial charge in [0.2, 0.25) is 0 Å². The zero-order valence-corrected chi connectivity index (χ0v) is 10.8. The zero-order valence-electron chi connectivity index (χ0n) is 10.8. The minimum absolute atomic E-state index is 0.0378. The van der Waals surface area contributed by atoms with E-state index in [2.05, 4.69) is 9.97 Å². The zero-order chi connectivity index (χ0) is 13.1. The third kappa shape index (κ3) is 2.19. The van der Waals surface area contributed by atoms with Crippen molar-refractivity contribution < 1.29 is 9.84 Å². The van der Waals surface area contributed by atoms with Crippen LogP contribution in [0.2, 0.25) is 0 Å². The molecular weight excluding hydrogens is 228 g/mol. The molecule has 18 heavy (non-hydrogen) atoms. The molecule has 0 bridgehead atoms. The van der Waals surface area contributed by atoms with E-state index in [0.717, 1.165) is 28.3 Å². The highest BCUT2D eigenvalue weighted by Crippen LogP contribution is 2.27. The quantitative estimate of drug-likeness (QED) is 0.899. The first-order valence-electron chi connectivity index (χ1n) is 5.75. The molecular formula is C14H16N2O2. The van der Waals surface area contributed by atoms with Gasteiger partial charge in [0.15, 0.2) is 5.82 Å². The lowest BCUT2D eigenvalue weighted by Gasteiger charge is -2.11. The maximum absolute atomic E-state index is 9.26. The van der Waals surface area contributed by atoms with Crippen LogP contribution in [0.1, 0.15) is 17.0 Å². The van der Waals surface area contributed by atoms with Crippen LogP contribution in [0.25, 0.3) is 11.4 Å². The number of aliphatic hydroxyl groups excluding tert-OH is 1. The summed E-state index contributed by atoms with van der Waals surface area (Å²) in [4.78, 5) is 8.87. The van der Waals surface area contributed by atoms with Gasteiger partial charge in [-0.05, 0) is 26.0 Å². The average molecular weight is 244 g/mol. The van der Waals surface area contributed by atoms with Crippen molar-refractivity contribution in [2.24, 2.45) is 0 Å². The van der Waals surface area contributed by atoms with E-state index in [1.54, 1.807) is 7.11 Å². The van der Waals surface area contributed by atoms with Crippen LogP contribution >= 0.6 is 0 Å². The van der Waals surface area contributed by atoms with Gasteiger partial charge in [0.25, 0.3) is 0 Å². The van der Waals surface area contributed by atoms with E-state index in [-0.39, 0.29) is 6.61 Å². The number of nitrogens with zero attached hydrogens (tertiary/aromatic N) is 2. The summed E-state index contributed by atoms with van der Waals surface area (Å²) in [7, 11) is 1.63. The summed E-state index contributed by atoms with van der Waals surface area (Å²) in [6, 6.07) is 7.63. The Morgan fingerprint density at radius 2 is 1.72 bits per heavy atom. The first kappa shape index (κ1) is 12.5. The molecule has 4 heteroatoms. The maximum atomic E-state index is 9.26. The number of para-hydroxylation sites is 1. The van der Waals surface area contributed by atoms with E-state index >= 15 is 0 Å². The van der Waals surface area contributed by atoms with Crippen molar-refractivity contribution in [2.45, 2.75) is 20.5 Å². The molecule has 4 nitrogen and oxygen atoms in total. The highest BCUT2D eigenvalue weighted by molar-refractivity contribution is 5.64. The van der Waals surface area contributed by atoms with Crippen molar-refractivity contribution >= 4 is 0 Å². The Morgan fingerprint density at radius 1 is 1.11 bits per heavy atom. The predicted octanol–water partition coefficient (Wildman–Crippen LogP) is 2.26. The van der Waals surface area contributed by atoms with Crippen LogP contribution in [0, 0.1) is 13.8 Å². The Kier molecular flexibility index (Phi) is 3.58. The van der Waals surface area contributed by atoms with Gasteiger partial charge in [0.05, 0.1) is 19.3 Å². The largest absolute Gasteiger partial charge is 0.496 e. The van der Waals surface area contributed by atoms with E-state index in [4.69, 9.17) is 4.74 Å². The first-order chi connectivity index (χ1) is 8.67. The lowest BCUT2D eigenvalue weighted by Crippen LogP contribution is -2.03.